The molecule has 174 valence electrons. The van der Waals surface area contributed by atoms with Gasteiger partial charge in [-0.05, 0) is 44.4 Å². The molecule has 0 aliphatic rings. The van der Waals surface area contributed by atoms with Gasteiger partial charge in [0.1, 0.15) is 0 Å². The molecule has 0 amide bonds. The molecule has 0 unspecified atom stereocenters. The highest BCUT2D eigenvalue weighted by Gasteiger charge is 2.58. The van der Waals surface area contributed by atoms with Gasteiger partial charge in [0, 0.05) is 13.2 Å². The fourth-order valence-electron chi connectivity index (χ4n) is 6.39. The summed E-state index contributed by atoms with van der Waals surface area (Å²) in [6.45, 7) is 34.1. The molecular formula is C26H50O2Si2. The van der Waals surface area contributed by atoms with E-state index in [2.05, 4.69) is 121 Å². The van der Waals surface area contributed by atoms with Gasteiger partial charge in [-0.3, -0.25) is 0 Å². The monoisotopic (exact) mass is 450 g/mol. The molecule has 4 heteroatoms. The summed E-state index contributed by atoms with van der Waals surface area (Å²) in [5, 5.41) is 3.15. The second-order valence-electron chi connectivity index (χ2n) is 12.8. The van der Waals surface area contributed by atoms with Crippen molar-refractivity contribution in [3.63, 3.8) is 0 Å². The van der Waals surface area contributed by atoms with E-state index in [-0.39, 0.29) is 20.2 Å². The molecule has 0 heterocycles. The Morgan fingerprint density at radius 3 is 0.833 bits per heavy atom. The highest BCUT2D eigenvalue weighted by atomic mass is 28.4. The minimum Gasteiger partial charge on any atom is -0.412 e. The average Bonchev–Trinajstić information content (AvgIpc) is 2.53. The van der Waals surface area contributed by atoms with Crippen LogP contribution in [0.15, 0.2) is 24.3 Å². The van der Waals surface area contributed by atoms with Crippen LogP contribution in [0.25, 0.3) is 0 Å². The lowest BCUT2D eigenvalue weighted by molar-refractivity contribution is 0.284. The lowest BCUT2D eigenvalue weighted by atomic mass is 10.2. The Labute approximate surface area is 190 Å². The molecule has 2 nitrogen and oxygen atoms in total. The van der Waals surface area contributed by atoms with Crippen LogP contribution in [0, 0.1) is 0 Å². The van der Waals surface area contributed by atoms with E-state index in [1.54, 1.807) is 0 Å². The summed E-state index contributed by atoms with van der Waals surface area (Å²) >= 11 is 0. The van der Waals surface area contributed by atoms with Gasteiger partial charge in [0.25, 0.3) is 0 Å². The molecule has 0 N–H and O–H groups in total. The van der Waals surface area contributed by atoms with E-state index in [0.29, 0.717) is 0 Å². The van der Waals surface area contributed by atoms with Crippen LogP contribution in [0.2, 0.25) is 20.2 Å². The molecule has 1 rings (SSSR count). The normalized spacial score (nSPS) is 14.9. The molecule has 0 spiro atoms. The Morgan fingerprint density at radius 1 is 0.500 bits per heavy atom. The molecule has 0 fully saturated rings. The van der Waals surface area contributed by atoms with Crippen LogP contribution in [0.5, 0.6) is 0 Å². The topological polar surface area (TPSA) is 18.5 Å². The Morgan fingerprint density at radius 2 is 0.700 bits per heavy atom. The fraction of sp³-hybridized carbons (Fsp3) is 0.769. The summed E-state index contributed by atoms with van der Waals surface area (Å²) in [7, 11) is -4.58. The quantitative estimate of drug-likeness (QED) is 0.424. The molecule has 0 aromatic heterocycles. The summed E-state index contributed by atoms with van der Waals surface area (Å²) in [6, 6.07) is 9.52. The van der Waals surface area contributed by atoms with Gasteiger partial charge in [0.05, 0.1) is 0 Å². The highest BCUT2D eigenvalue weighted by molar-refractivity contribution is 6.92. The van der Waals surface area contributed by atoms with E-state index >= 15 is 0 Å². The molecule has 0 saturated carbocycles. The number of rotatable bonds is 6. The molecule has 0 atom stereocenters. The molecule has 0 aliphatic carbocycles. The van der Waals surface area contributed by atoms with Gasteiger partial charge in [0.15, 0.2) is 0 Å². The molecule has 0 aliphatic heterocycles. The SMILES string of the molecule is CCO[Si](c1ccc([Si](OCC)(C(C)(C)C)C(C)(C)C)cc1)(C(C)(C)C)C(C)(C)C. The van der Waals surface area contributed by atoms with Crippen molar-refractivity contribution in [2.75, 3.05) is 13.2 Å². The van der Waals surface area contributed by atoms with Crippen molar-refractivity contribution in [2.24, 2.45) is 0 Å². The average molecular weight is 451 g/mol. The maximum absolute atomic E-state index is 6.77. The second kappa shape index (κ2) is 8.84. The number of hydrogen-bond acceptors (Lipinski definition) is 2. The van der Waals surface area contributed by atoms with Crippen LogP contribution >= 0.6 is 0 Å². The third kappa shape index (κ3) is 4.53. The van der Waals surface area contributed by atoms with E-state index in [1.165, 1.54) is 10.4 Å². The van der Waals surface area contributed by atoms with Crippen molar-refractivity contribution in [3.05, 3.63) is 24.3 Å². The van der Waals surface area contributed by atoms with Gasteiger partial charge in [-0.2, -0.15) is 0 Å². The lowest BCUT2D eigenvalue weighted by Crippen LogP contribution is -2.66. The fourth-order valence-corrected chi connectivity index (χ4v) is 18.6. The molecule has 30 heavy (non-hydrogen) atoms. The zero-order valence-corrected chi connectivity index (χ0v) is 24.5. The summed E-state index contributed by atoms with van der Waals surface area (Å²) in [6.07, 6.45) is 0. The number of benzene rings is 1. The van der Waals surface area contributed by atoms with Crippen LogP contribution in [-0.2, 0) is 8.85 Å². The maximum Gasteiger partial charge on any atom is 0.234 e. The van der Waals surface area contributed by atoms with Gasteiger partial charge in [0.2, 0.25) is 16.6 Å². The van der Waals surface area contributed by atoms with E-state index in [1.807, 2.05) is 0 Å². The minimum atomic E-state index is -2.29. The van der Waals surface area contributed by atoms with Gasteiger partial charge >= 0.3 is 0 Å². The smallest absolute Gasteiger partial charge is 0.234 e. The molecule has 1 aromatic rings. The van der Waals surface area contributed by atoms with Gasteiger partial charge in [-0.25, -0.2) is 0 Å². The first-order chi connectivity index (χ1) is 13.3. The zero-order valence-electron chi connectivity index (χ0n) is 22.5. The molecule has 0 saturated heterocycles. The van der Waals surface area contributed by atoms with Crippen LogP contribution in [0.1, 0.15) is 96.9 Å². The van der Waals surface area contributed by atoms with Crippen molar-refractivity contribution >= 4 is 27.0 Å². The van der Waals surface area contributed by atoms with Crippen LogP contribution in [-0.4, -0.2) is 29.8 Å². The van der Waals surface area contributed by atoms with E-state index in [9.17, 15) is 0 Å². The molecular weight excluding hydrogens is 400 g/mol. The first kappa shape index (κ1) is 27.6. The van der Waals surface area contributed by atoms with Crippen molar-refractivity contribution in [3.8, 4) is 0 Å². The third-order valence-electron chi connectivity index (χ3n) is 6.64. The van der Waals surface area contributed by atoms with Gasteiger partial charge in [-0.1, -0.05) is 107 Å². The van der Waals surface area contributed by atoms with Crippen LogP contribution in [0.4, 0.5) is 0 Å². The summed E-state index contributed by atoms with van der Waals surface area (Å²) in [4.78, 5) is 0. The van der Waals surface area contributed by atoms with Gasteiger partial charge in [-0.15, -0.1) is 0 Å². The van der Waals surface area contributed by atoms with Crippen molar-refractivity contribution < 1.29 is 8.85 Å². The third-order valence-corrected chi connectivity index (χ3v) is 18.8. The molecule has 0 radical (unpaired) electrons. The molecule has 1 aromatic carbocycles. The second-order valence-corrected chi connectivity index (χ2v) is 23.3. The van der Waals surface area contributed by atoms with Gasteiger partial charge < -0.3 is 8.85 Å². The molecule has 0 bridgehead atoms. The van der Waals surface area contributed by atoms with E-state index < -0.39 is 16.6 Å². The lowest BCUT2D eigenvalue weighted by Gasteiger charge is -2.52. The Hall–Kier alpha value is -0.426. The van der Waals surface area contributed by atoms with Crippen molar-refractivity contribution in [2.45, 2.75) is 117 Å². The van der Waals surface area contributed by atoms with E-state index in [0.717, 1.165) is 13.2 Å². The van der Waals surface area contributed by atoms with E-state index in [4.69, 9.17) is 8.85 Å². The maximum atomic E-state index is 6.77. The predicted molar refractivity (Wildman–Crippen MR) is 139 cm³/mol. The summed E-state index contributed by atoms with van der Waals surface area (Å²) in [5.74, 6) is 0. The predicted octanol–water partition coefficient (Wildman–Crippen LogP) is 7.27. The summed E-state index contributed by atoms with van der Waals surface area (Å²) < 4.78 is 13.5. The zero-order chi connectivity index (χ0) is 23.8. The van der Waals surface area contributed by atoms with Crippen molar-refractivity contribution in [1.82, 2.24) is 0 Å². The standard InChI is InChI=1S/C26H50O2Si2/c1-15-27-29(23(3,4)5,24(6,7)8)21-17-19-22(20-18-21)30(28-16-2,25(9,10)11)26(12,13)14/h17-20H,15-16H2,1-14H3. The highest BCUT2D eigenvalue weighted by Crippen LogP contribution is 2.52. The number of hydrogen-bond donors (Lipinski definition) is 0. The summed E-state index contributed by atoms with van der Waals surface area (Å²) in [5.41, 5.74) is 0. The first-order valence-electron chi connectivity index (χ1n) is 11.7. The van der Waals surface area contributed by atoms with Crippen LogP contribution < -0.4 is 10.4 Å². The Balaban J connectivity index is 3.81. The first-order valence-corrected chi connectivity index (χ1v) is 15.5. The Kier molecular flexibility index (Phi) is 8.14. The van der Waals surface area contributed by atoms with Crippen molar-refractivity contribution in [1.29, 1.82) is 0 Å². The Bertz CT molecular complexity index is 591. The van der Waals surface area contributed by atoms with Crippen LogP contribution in [0.3, 0.4) is 0 Å². The minimum absolute atomic E-state index is 0.0886. The largest absolute Gasteiger partial charge is 0.412 e.